The smallest absolute Gasteiger partial charge is 0.0309 e. The van der Waals surface area contributed by atoms with Crippen molar-refractivity contribution in [2.24, 2.45) is 5.41 Å². The van der Waals surface area contributed by atoms with Crippen molar-refractivity contribution in [3.8, 4) is 0 Å². The average Bonchev–Trinajstić information content (AvgIpc) is 2.58. The molecule has 2 heteroatoms. The van der Waals surface area contributed by atoms with E-state index in [4.69, 9.17) is 0 Å². The lowest BCUT2D eigenvalue weighted by atomic mass is 9.89. The Kier molecular flexibility index (Phi) is 3.33. The van der Waals surface area contributed by atoms with E-state index in [1.807, 2.05) is 0 Å². The van der Waals surface area contributed by atoms with Crippen LogP contribution in [0.2, 0.25) is 0 Å². The fraction of sp³-hybridized carbons (Fsp3) is 1.00. The van der Waals surface area contributed by atoms with Gasteiger partial charge in [0.2, 0.25) is 0 Å². The molecule has 0 aromatic carbocycles. The number of rotatable bonds is 1. The van der Waals surface area contributed by atoms with Crippen molar-refractivity contribution in [2.45, 2.75) is 65.0 Å². The molecule has 1 spiro atoms. The zero-order chi connectivity index (χ0) is 11.8. The fourth-order valence-electron chi connectivity index (χ4n) is 3.30. The van der Waals surface area contributed by atoms with Gasteiger partial charge in [0.15, 0.2) is 0 Å². The summed E-state index contributed by atoms with van der Waals surface area (Å²) in [6, 6.07) is 0.699. The van der Waals surface area contributed by atoms with Gasteiger partial charge in [0, 0.05) is 31.2 Å². The van der Waals surface area contributed by atoms with Crippen molar-refractivity contribution in [2.75, 3.05) is 19.6 Å². The van der Waals surface area contributed by atoms with E-state index in [1.54, 1.807) is 0 Å². The highest BCUT2D eigenvalue weighted by atomic mass is 15.3. The third kappa shape index (κ3) is 2.78. The van der Waals surface area contributed by atoms with Crippen LogP contribution in [0.15, 0.2) is 0 Å². The zero-order valence-corrected chi connectivity index (χ0v) is 11.5. The van der Waals surface area contributed by atoms with Crippen molar-refractivity contribution < 1.29 is 0 Å². The van der Waals surface area contributed by atoms with Gasteiger partial charge in [-0.15, -0.1) is 0 Å². The molecule has 1 unspecified atom stereocenters. The molecule has 0 bridgehead atoms. The molecular formula is C14H28N2. The van der Waals surface area contributed by atoms with Gasteiger partial charge in [-0.05, 0) is 25.2 Å². The van der Waals surface area contributed by atoms with Gasteiger partial charge in [-0.3, -0.25) is 4.90 Å². The van der Waals surface area contributed by atoms with E-state index in [2.05, 4.69) is 37.9 Å². The fourth-order valence-corrected chi connectivity index (χ4v) is 3.30. The van der Waals surface area contributed by atoms with Gasteiger partial charge >= 0.3 is 0 Å². The summed E-state index contributed by atoms with van der Waals surface area (Å²) in [5.74, 6) is 0. The summed E-state index contributed by atoms with van der Waals surface area (Å²) in [4.78, 5) is 2.71. The molecule has 2 nitrogen and oxygen atoms in total. The van der Waals surface area contributed by atoms with Gasteiger partial charge in [0.05, 0.1) is 0 Å². The Morgan fingerprint density at radius 3 is 2.44 bits per heavy atom. The second kappa shape index (κ2) is 4.30. The van der Waals surface area contributed by atoms with Crippen LogP contribution in [0.25, 0.3) is 0 Å². The molecule has 1 atom stereocenters. The quantitative estimate of drug-likeness (QED) is 0.736. The van der Waals surface area contributed by atoms with Crippen LogP contribution >= 0.6 is 0 Å². The second-order valence-electron chi connectivity index (χ2n) is 7.18. The molecule has 1 saturated heterocycles. The van der Waals surface area contributed by atoms with Gasteiger partial charge in [0.1, 0.15) is 0 Å². The maximum absolute atomic E-state index is 3.82. The molecule has 1 aliphatic heterocycles. The van der Waals surface area contributed by atoms with Gasteiger partial charge in [-0.25, -0.2) is 0 Å². The van der Waals surface area contributed by atoms with Gasteiger partial charge in [-0.2, -0.15) is 0 Å². The van der Waals surface area contributed by atoms with Crippen LogP contribution in [0.4, 0.5) is 0 Å². The summed E-state index contributed by atoms with van der Waals surface area (Å²) < 4.78 is 0. The monoisotopic (exact) mass is 224 g/mol. The second-order valence-corrected chi connectivity index (χ2v) is 7.18. The third-order valence-corrected chi connectivity index (χ3v) is 4.14. The maximum Gasteiger partial charge on any atom is 0.0309 e. The van der Waals surface area contributed by atoms with Gasteiger partial charge < -0.3 is 5.32 Å². The van der Waals surface area contributed by atoms with Crippen molar-refractivity contribution in [1.29, 1.82) is 0 Å². The lowest BCUT2D eigenvalue weighted by Gasteiger charge is -2.47. The first-order valence-electron chi connectivity index (χ1n) is 6.89. The molecule has 0 radical (unpaired) electrons. The summed E-state index contributed by atoms with van der Waals surface area (Å²) in [6.07, 6.45) is 5.62. The normalized spacial score (nSPS) is 31.1. The molecule has 2 aliphatic rings. The molecule has 0 amide bonds. The van der Waals surface area contributed by atoms with E-state index in [0.29, 0.717) is 17.0 Å². The predicted octanol–water partition coefficient (Wildman–Crippen LogP) is 2.64. The molecule has 1 N–H and O–H groups in total. The largest absolute Gasteiger partial charge is 0.308 e. The summed E-state index contributed by atoms with van der Waals surface area (Å²) >= 11 is 0. The summed E-state index contributed by atoms with van der Waals surface area (Å²) in [5, 5.41) is 3.82. The van der Waals surface area contributed by atoms with Crippen molar-refractivity contribution in [3.05, 3.63) is 0 Å². The highest BCUT2D eigenvalue weighted by Crippen LogP contribution is 2.34. The summed E-state index contributed by atoms with van der Waals surface area (Å²) in [6.45, 7) is 13.1. The Bertz CT molecular complexity index is 236. The topological polar surface area (TPSA) is 15.3 Å². The number of hydrogen-bond acceptors (Lipinski definition) is 2. The van der Waals surface area contributed by atoms with Gasteiger partial charge in [0.25, 0.3) is 0 Å². The van der Waals surface area contributed by atoms with E-state index in [1.165, 1.54) is 45.3 Å². The number of nitrogens with zero attached hydrogens (tertiary/aromatic N) is 1. The third-order valence-electron chi connectivity index (χ3n) is 4.14. The van der Waals surface area contributed by atoms with Crippen LogP contribution in [-0.2, 0) is 0 Å². The molecule has 16 heavy (non-hydrogen) atoms. The van der Waals surface area contributed by atoms with Crippen LogP contribution in [0, 0.1) is 5.41 Å². The van der Waals surface area contributed by atoms with Crippen LogP contribution in [0.3, 0.4) is 0 Å². The SMILES string of the molecule is CC1CNC2(CCCC2)CN1CC(C)(C)C. The Morgan fingerprint density at radius 1 is 1.25 bits per heavy atom. The first-order chi connectivity index (χ1) is 7.40. The summed E-state index contributed by atoms with van der Waals surface area (Å²) in [7, 11) is 0. The lowest BCUT2D eigenvalue weighted by molar-refractivity contribution is 0.0602. The van der Waals surface area contributed by atoms with E-state index in [0.717, 1.165) is 0 Å². The van der Waals surface area contributed by atoms with E-state index in [-0.39, 0.29) is 0 Å². The standard InChI is InChI=1S/C14H28N2/c1-12-9-15-14(7-5-6-8-14)11-16(12)10-13(2,3)4/h12,15H,5-11H2,1-4H3. The van der Waals surface area contributed by atoms with Crippen LogP contribution in [0.1, 0.15) is 53.4 Å². The minimum Gasteiger partial charge on any atom is -0.308 e. The minimum atomic E-state index is 0.422. The average molecular weight is 224 g/mol. The van der Waals surface area contributed by atoms with Crippen molar-refractivity contribution in [3.63, 3.8) is 0 Å². The molecular weight excluding hydrogens is 196 g/mol. The highest BCUT2D eigenvalue weighted by molar-refractivity contribution is 5.00. The van der Waals surface area contributed by atoms with Crippen molar-refractivity contribution in [1.82, 2.24) is 10.2 Å². The molecule has 0 aromatic heterocycles. The number of piperazine rings is 1. The first kappa shape index (κ1) is 12.4. The maximum atomic E-state index is 3.82. The van der Waals surface area contributed by atoms with Crippen LogP contribution in [0.5, 0.6) is 0 Å². The Labute approximate surface area is 101 Å². The molecule has 1 saturated carbocycles. The lowest BCUT2D eigenvalue weighted by Crippen LogP contribution is -2.63. The van der Waals surface area contributed by atoms with Crippen LogP contribution in [-0.4, -0.2) is 36.1 Å². The van der Waals surface area contributed by atoms with Gasteiger partial charge in [-0.1, -0.05) is 33.6 Å². The highest BCUT2D eigenvalue weighted by Gasteiger charge is 2.40. The Hall–Kier alpha value is -0.0800. The minimum absolute atomic E-state index is 0.422. The zero-order valence-electron chi connectivity index (χ0n) is 11.5. The molecule has 0 aromatic rings. The summed E-state index contributed by atoms with van der Waals surface area (Å²) in [5.41, 5.74) is 0.892. The molecule has 2 fully saturated rings. The van der Waals surface area contributed by atoms with Crippen LogP contribution < -0.4 is 5.32 Å². The van der Waals surface area contributed by atoms with E-state index in [9.17, 15) is 0 Å². The number of nitrogens with one attached hydrogen (secondary N) is 1. The first-order valence-corrected chi connectivity index (χ1v) is 6.89. The number of hydrogen-bond donors (Lipinski definition) is 1. The molecule has 2 rings (SSSR count). The Morgan fingerprint density at radius 2 is 1.88 bits per heavy atom. The predicted molar refractivity (Wildman–Crippen MR) is 69.7 cm³/mol. The molecule has 94 valence electrons. The van der Waals surface area contributed by atoms with E-state index < -0.39 is 0 Å². The molecule has 1 heterocycles. The Balaban J connectivity index is 2.00. The van der Waals surface area contributed by atoms with E-state index >= 15 is 0 Å². The molecule has 1 aliphatic carbocycles. The van der Waals surface area contributed by atoms with Crippen molar-refractivity contribution >= 4 is 0 Å².